The van der Waals surface area contributed by atoms with Crippen LogP contribution in [0.25, 0.3) is 0 Å². The van der Waals surface area contributed by atoms with Crippen LogP contribution in [0.4, 0.5) is 23.3 Å². The number of para-hydroxylation sites is 1. The molecule has 0 spiro atoms. The van der Waals surface area contributed by atoms with E-state index < -0.39 is 14.3 Å². The summed E-state index contributed by atoms with van der Waals surface area (Å²) in [4.78, 5) is 24.1. The van der Waals surface area contributed by atoms with Crippen LogP contribution >= 0.6 is 8.30 Å². The molecule has 1 unspecified atom stereocenters. The molecule has 0 amide bonds. The third-order valence-corrected chi connectivity index (χ3v) is 6.25. The third-order valence-electron chi connectivity index (χ3n) is 4.78. The lowest BCUT2D eigenvalue weighted by Crippen LogP contribution is -2.31. The van der Waals surface area contributed by atoms with Crippen LogP contribution in [0.15, 0.2) is 65.7 Å². The highest BCUT2D eigenvalue weighted by atomic mass is 31.2. The Bertz CT molecular complexity index is 1090. The van der Waals surface area contributed by atoms with Crippen molar-refractivity contribution >= 4 is 44.6 Å². The average molecular weight is 511 g/mol. The first-order valence-corrected chi connectivity index (χ1v) is 12.7. The van der Waals surface area contributed by atoms with Crippen LogP contribution in [0.3, 0.4) is 0 Å². The minimum atomic E-state index is -1.30. The maximum absolute atomic E-state index is 11.8. The fraction of sp³-hybridized carbons (Fsp3) is 0.250. The predicted molar refractivity (Wildman–Crippen MR) is 145 cm³/mol. The molecule has 3 rings (SSSR count). The van der Waals surface area contributed by atoms with E-state index in [0.717, 1.165) is 11.8 Å². The van der Waals surface area contributed by atoms with Crippen LogP contribution in [0.1, 0.15) is 5.56 Å². The van der Waals surface area contributed by atoms with Crippen molar-refractivity contribution in [3.63, 3.8) is 0 Å². The summed E-state index contributed by atoms with van der Waals surface area (Å²) in [5.74, 6) is 1.63. The number of hydrazine groups is 1. The molecule has 0 fully saturated rings. The second-order valence-corrected chi connectivity index (χ2v) is 8.93. The van der Waals surface area contributed by atoms with E-state index in [1.54, 1.807) is 7.05 Å². The number of nitrogens with two attached hydrogens (primary N) is 1. The van der Waals surface area contributed by atoms with Gasteiger partial charge in [0, 0.05) is 13.6 Å². The maximum atomic E-state index is 11.8. The van der Waals surface area contributed by atoms with Gasteiger partial charge in [0.2, 0.25) is 5.95 Å². The van der Waals surface area contributed by atoms with Gasteiger partial charge < -0.3 is 30.5 Å². The van der Waals surface area contributed by atoms with Gasteiger partial charge in [-0.2, -0.15) is 9.97 Å². The highest BCUT2D eigenvalue weighted by Crippen LogP contribution is 2.35. The number of anilines is 3. The quantitative estimate of drug-likeness (QED) is 0.0640. The van der Waals surface area contributed by atoms with E-state index in [0.29, 0.717) is 42.6 Å². The Kier molecular flexibility index (Phi) is 11.0. The van der Waals surface area contributed by atoms with Gasteiger partial charge in [-0.25, -0.2) is 5.43 Å². The summed E-state index contributed by atoms with van der Waals surface area (Å²) >= 11 is 0. The van der Waals surface area contributed by atoms with Crippen LogP contribution in [0, 0.1) is 0 Å². The molecule has 1 aromatic heterocycles. The summed E-state index contributed by atoms with van der Waals surface area (Å²) in [6.45, 7) is 4.35. The first-order chi connectivity index (χ1) is 17.6. The summed E-state index contributed by atoms with van der Waals surface area (Å²) in [7, 11) is 0.402. The van der Waals surface area contributed by atoms with Crippen LogP contribution < -0.4 is 31.5 Å². The molecule has 0 bridgehead atoms. The number of aldehydes is 1. The van der Waals surface area contributed by atoms with Crippen LogP contribution in [-0.2, 0) is 16.0 Å². The molecule has 6 N–H and O–H groups in total. The van der Waals surface area contributed by atoms with E-state index in [2.05, 4.69) is 42.9 Å². The SMILES string of the molecule is C=Nc1c(NCCOCP(N[C@H](C=O)Cc2ccccc2)Oc2ccccc2)nc(N)nc1NNC. The molecule has 36 heavy (non-hydrogen) atoms. The minimum absolute atomic E-state index is 0.0888. The van der Waals surface area contributed by atoms with Crippen molar-refractivity contribution in [3.8, 4) is 5.75 Å². The Morgan fingerprint density at radius 1 is 1.11 bits per heavy atom. The first kappa shape index (κ1) is 27.0. The van der Waals surface area contributed by atoms with Crippen LogP contribution in [0.2, 0.25) is 0 Å². The molecule has 2 aromatic carbocycles. The number of nitrogens with one attached hydrogen (secondary N) is 4. The van der Waals surface area contributed by atoms with Gasteiger partial charge in [-0.3, -0.25) is 10.1 Å². The average Bonchev–Trinajstić information content (AvgIpc) is 2.89. The number of aromatic nitrogens is 2. The molecule has 0 saturated heterocycles. The molecule has 0 saturated carbocycles. The zero-order chi connectivity index (χ0) is 25.6. The van der Waals surface area contributed by atoms with Crippen molar-refractivity contribution in [2.45, 2.75) is 12.5 Å². The summed E-state index contributed by atoms with van der Waals surface area (Å²) in [5.41, 5.74) is 12.9. The van der Waals surface area contributed by atoms with Crippen molar-refractivity contribution in [1.82, 2.24) is 20.5 Å². The van der Waals surface area contributed by atoms with E-state index >= 15 is 0 Å². The second kappa shape index (κ2) is 14.7. The van der Waals surface area contributed by atoms with Gasteiger partial charge >= 0.3 is 0 Å². The van der Waals surface area contributed by atoms with Gasteiger partial charge in [-0.15, -0.1) is 0 Å². The maximum Gasteiger partial charge on any atom is 0.224 e. The smallest absolute Gasteiger partial charge is 0.224 e. The molecule has 1 heterocycles. The number of carbonyl (C=O) groups is 1. The zero-order valence-electron chi connectivity index (χ0n) is 20.1. The number of hydrogen-bond donors (Lipinski definition) is 5. The number of ether oxygens (including phenoxy) is 1. The van der Waals surface area contributed by atoms with E-state index in [4.69, 9.17) is 15.0 Å². The number of aliphatic imine (C=N–C) groups is 1. The van der Waals surface area contributed by atoms with Gasteiger partial charge in [-0.1, -0.05) is 48.5 Å². The van der Waals surface area contributed by atoms with Crippen molar-refractivity contribution in [2.75, 3.05) is 43.0 Å². The number of benzene rings is 2. The standard InChI is InChI=1S/C24H31N8O3P/c1-26-21-22(29-24(25)30-23(21)31-27-2)28-13-14-34-17-36(35-20-11-7-4-8-12-20)32-19(16-33)15-18-9-5-3-6-10-18/h3-12,16,19,27,32H,1,13-15,17H2,2H3,(H4,25,28,29,30,31)/t19-,36?/m0/s1. The molecular formula is C24H31N8O3P. The third kappa shape index (κ3) is 8.54. The monoisotopic (exact) mass is 510 g/mol. The molecule has 0 aliphatic rings. The number of carbonyl (C=O) groups excluding carboxylic acids is 1. The van der Waals surface area contributed by atoms with E-state index in [1.165, 1.54) is 0 Å². The Morgan fingerprint density at radius 2 is 1.81 bits per heavy atom. The number of nitrogens with zero attached hydrogens (tertiary/aromatic N) is 3. The molecule has 12 heteroatoms. The Balaban J connectivity index is 1.57. The largest absolute Gasteiger partial charge is 0.456 e. The lowest BCUT2D eigenvalue weighted by atomic mass is 10.1. The lowest BCUT2D eigenvalue weighted by Gasteiger charge is -2.23. The van der Waals surface area contributed by atoms with Gasteiger partial charge in [0.15, 0.2) is 19.9 Å². The number of nitrogen functional groups attached to an aromatic ring is 1. The predicted octanol–water partition coefficient (Wildman–Crippen LogP) is 3.11. The van der Waals surface area contributed by atoms with Gasteiger partial charge in [0.1, 0.15) is 24.1 Å². The van der Waals surface area contributed by atoms with Gasteiger partial charge in [0.25, 0.3) is 0 Å². The van der Waals surface area contributed by atoms with Crippen molar-refractivity contribution in [3.05, 3.63) is 66.2 Å². The zero-order valence-corrected chi connectivity index (χ0v) is 20.9. The molecule has 3 aromatic rings. The molecule has 0 aliphatic carbocycles. The topological polar surface area (TPSA) is 148 Å². The lowest BCUT2D eigenvalue weighted by molar-refractivity contribution is -0.109. The minimum Gasteiger partial charge on any atom is -0.456 e. The highest BCUT2D eigenvalue weighted by Gasteiger charge is 2.19. The number of rotatable bonds is 16. The Labute approximate surface area is 211 Å². The van der Waals surface area contributed by atoms with Gasteiger partial charge in [0.05, 0.1) is 12.6 Å². The first-order valence-electron chi connectivity index (χ1n) is 11.3. The second-order valence-electron chi connectivity index (χ2n) is 7.47. The molecule has 190 valence electrons. The molecule has 0 radical (unpaired) electrons. The van der Waals surface area contributed by atoms with E-state index in [-0.39, 0.29) is 12.3 Å². The fourth-order valence-electron chi connectivity index (χ4n) is 3.22. The van der Waals surface area contributed by atoms with Crippen LogP contribution in [-0.4, -0.2) is 55.6 Å². The molecule has 0 aliphatic heterocycles. The van der Waals surface area contributed by atoms with Crippen molar-refractivity contribution in [2.24, 2.45) is 4.99 Å². The summed E-state index contributed by atoms with van der Waals surface area (Å²) in [6.07, 6.45) is 1.73. The highest BCUT2D eigenvalue weighted by molar-refractivity contribution is 7.50. The normalized spacial score (nSPS) is 12.4. The van der Waals surface area contributed by atoms with E-state index in [1.807, 2.05) is 60.7 Å². The number of hydrogen-bond acceptors (Lipinski definition) is 11. The Hall–Kier alpha value is -3.63. The Morgan fingerprint density at radius 3 is 2.47 bits per heavy atom. The van der Waals surface area contributed by atoms with Gasteiger partial charge in [-0.05, 0) is 30.8 Å². The summed E-state index contributed by atoms with van der Waals surface area (Å²) in [5, 5.41) is 6.45. The van der Waals surface area contributed by atoms with E-state index in [9.17, 15) is 4.79 Å². The van der Waals surface area contributed by atoms with Crippen molar-refractivity contribution in [1.29, 1.82) is 0 Å². The van der Waals surface area contributed by atoms with Crippen LogP contribution in [0.5, 0.6) is 5.75 Å². The summed E-state index contributed by atoms with van der Waals surface area (Å²) in [6, 6.07) is 18.9. The van der Waals surface area contributed by atoms with Crippen molar-refractivity contribution < 1.29 is 14.1 Å². The molecular weight excluding hydrogens is 479 g/mol. The fourth-order valence-corrected chi connectivity index (χ4v) is 4.59. The molecule has 11 nitrogen and oxygen atoms in total. The summed E-state index contributed by atoms with van der Waals surface area (Å²) < 4.78 is 12.0. The molecule has 2 atom stereocenters.